The summed E-state index contributed by atoms with van der Waals surface area (Å²) in [6.07, 6.45) is 13.5. The summed E-state index contributed by atoms with van der Waals surface area (Å²) in [5, 5.41) is 29.6. The highest BCUT2D eigenvalue weighted by Crippen LogP contribution is 2.56. The molecule has 7 nitrogen and oxygen atoms in total. The summed E-state index contributed by atoms with van der Waals surface area (Å²) >= 11 is 6.31. The minimum Gasteiger partial charge on any atom is -0.493 e. The molecule has 1 fully saturated rings. The van der Waals surface area contributed by atoms with Gasteiger partial charge in [-0.25, -0.2) is 4.79 Å². The number of carboxylic acids is 1. The van der Waals surface area contributed by atoms with E-state index >= 15 is 0 Å². The number of aliphatic hydroxyl groups is 1. The Hall–Kier alpha value is -3.91. The summed E-state index contributed by atoms with van der Waals surface area (Å²) in [6.45, 7) is 6.59. The lowest BCUT2D eigenvalue weighted by molar-refractivity contribution is -0.144. The number of anilines is 1. The number of aliphatic carboxylic acids is 1. The number of carboxylic acid groups (broad SMARTS) is 1. The molecule has 1 saturated carbocycles. The first-order valence-corrected chi connectivity index (χ1v) is 21.5. The Kier molecular flexibility index (Phi) is 13.0. The average Bonchev–Trinajstić information content (AvgIpc) is 3.48. The smallest absolute Gasteiger partial charge is 0.329 e. The molecule has 0 aliphatic heterocycles. The van der Waals surface area contributed by atoms with Crippen LogP contribution in [0, 0.1) is 11.8 Å². The number of nitrogens with zero attached hydrogens (tertiary/aromatic N) is 1. The van der Waals surface area contributed by atoms with Gasteiger partial charge in [0.25, 0.3) is 0 Å². The number of fused-ring (bicyclic) bond motifs is 3. The maximum Gasteiger partial charge on any atom is 0.329 e. The lowest BCUT2D eigenvalue weighted by Gasteiger charge is -2.47. The maximum absolute atomic E-state index is 13.1. The first-order chi connectivity index (χ1) is 27.2. The van der Waals surface area contributed by atoms with Crippen LogP contribution in [0.25, 0.3) is 0 Å². The molecule has 56 heavy (non-hydrogen) atoms. The second-order valence-electron chi connectivity index (χ2n) is 17.1. The van der Waals surface area contributed by atoms with E-state index in [2.05, 4.69) is 78.0 Å². The Morgan fingerprint density at radius 2 is 1.82 bits per heavy atom. The van der Waals surface area contributed by atoms with E-state index in [1.54, 1.807) is 12.1 Å². The highest BCUT2D eigenvalue weighted by molar-refractivity contribution is 6.30. The van der Waals surface area contributed by atoms with Crippen molar-refractivity contribution in [2.45, 2.75) is 120 Å². The second-order valence-corrected chi connectivity index (χ2v) is 17.6. The standard InChI is InChI=1S/C48H60ClN3O4/c1-33(32-56-44-20-26-51-42-17-9-11-34(2)45(42)44)27-38-28-36-18-19-37(43(53)31-50-25-8-4-7-14-35-12-5-3-6-13-35)29-41(36)47(38)21-23-48(24-22-47,46(54)55)52-40-16-10-15-39(49)30-40/h3,5-6,10,12-13,15-16,18-20,26,29-30,33-34,38,43,50,52-53H,4,7-9,11,14,17,21-25,27-28,31-32H2,1-2H3,(H,54,55)/t33-,34-,38+,43?,47?,48?/m1/s1. The molecule has 0 bridgehead atoms. The normalized spacial score (nSPS) is 23.9. The number of benzene rings is 3. The molecule has 8 heteroatoms. The van der Waals surface area contributed by atoms with Crippen molar-refractivity contribution in [2.75, 3.05) is 25.0 Å². The van der Waals surface area contributed by atoms with Gasteiger partial charge in [-0.1, -0.05) is 86.5 Å². The zero-order chi connectivity index (χ0) is 39.1. The number of aromatic nitrogens is 1. The van der Waals surface area contributed by atoms with Crippen molar-refractivity contribution >= 4 is 23.3 Å². The molecule has 0 amide bonds. The Morgan fingerprint density at radius 3 is 2.61 bits per heavy atom. The number of hydrogen-bond acceptors (Lipinski definition) is 6. The van der Waals surface area contributed by atoms with Crippen molar-refractivity contribution in [2.24, 2.45) is 11.8 Å². The van der Waals surface area contributed by atoms with Crippen LogP contribution in [0.15, 0.2) is 85.1 Å². The van der Waals surface area contributed by atoms with E-state index in [1.807, 2.05) is 24.4 Å². The van der Waals surface area contributed by atoms with Gasteiger partial charge in [0.2, 0.25) is 0 Å². The fraction of sp³-hybridized carbons (Fsp3) is 0.500. The molecule has 4 aromatic rings. The third kappa shape index (κ3) is 9.11. The van der Waals surface area contributed by atoms with Crippen LogP contribution in [0.5, 0.6) is 5.75 Å². The highest BCUT2D eigenvalue weighted by atomic mass is 35.5. The van der Waals surface area contributed by atoms with Crippen molar-refractivity contribution in [3.05, 3.63) is 124 Å². The zero-order valence-corrected chi connectivity index (χ0v) is 34.0. The minimum atomic E-state index is -1.09. The predicted molar refractivity (Wildman–Crippen MR) is 226 cm³/mol. The van der Waals surface area contributed by atoms with Crippen molar-refractivity contribution in [3.8, 4) is 5.75 Å². The van der Waals surface area contributed by atoms with E-state index in [1.165, 1.54) is 40.8 Å². The minimum absolute atomic E-state index is 0.190. The maximum atomic E-state index is 13.1. The Morgan fingerprint density at radius 1 is 1.00 bits per heavy atom. The van der Waals surface area contributed by atoms with E-state index in [-0.39, 0.29) is 5.41 Å². The van der Waals surface area contributed by atoms with E-state index in [0.29, 0.717) is 48.8 Å². The molecule has 4 atom stereocenters. The largest absolute Gasteiger partial charge is 0.493 e. The van der Waals surface area contributed by atoms with Gasteiger partial charge in [-0.15, -0.1) is 0 Å². The van der Waals surface area contributed by atoms with Crippen LogP contribution in [0.2, 0.25) is 5.02 Å². The molecule has 298 valence electrons. The molecule has 3 aliphatic carbocycles. The van der Waals surface area contributed by atoms with E-state index in [0.717, 1.165) is 81.3 Å². The molecular formula is C48H60ClN3O4. The van der Waals surface area contributed by atoms with Crippen LogP contribution in [-0.4, -0.2) is 46.4 Å². The van der Waals surface area contributed by atoms with Gasteiger partial charge < -0.3 is 25.6 Å². The average molecular weight is 778 g/mol. The second kappa shape index (κ2) is 18.1. The number of nitrogens with one attached hydrogen (secondary N) is 2. The molecular weight excluding hydrogens is 718 g/mol. The van der Waals surface area contributed by atoms with Crippen LogP contribution in [0.4, 0.5) is 5.69 Å². The molecule has 1 aromatic heterocycles. The fourth-order valence-corrected chi connectivity index (χ4v) is 10.3. The molecule has 3 aromatic carbocycles. The number of hydrogen-bond donors (Lipinski definition) is 4. The summed E-state index contributed by atoms with van der Waals surface area (Å²) in [6, 6.07) is 26.6. The predicted octanol–water partition coefficient (Wildman–Crippen LogP) is 10.2. The van der Waals surface area contributed by atoms with Gasteiger partial charge in [0.15, 0.2) is 0 Å². The number of aryl methyl sites for hydroxylation is 2. The number of halogens is 1. The van der Waals surface area contributed by atoms with Crippen LogP contribution in [-0.2, 0) is 29.5 Å². The van der Waals surface area contributed by atoms with E-state index in [4.69, 9.17) is 16.3 Å². The number of pyridine rings is 1. The molecule has 7 rings (SSSR count). The molecule has 0 radical (unpaired) electrons. The number of rotatable bonds is 17. The van der Waals surface area contributed by atoms with Gasteiger partial charge in [-0.3, -0.25) is 4.98 Å². The molecule has 1 spiro atoms. The van der Waals surface area contributed by atoms with E-state index in [9.17, 15) is 15.0 Å². The van der Waals surface area contributed by atoms with E-state index < -0.39 is 17.6 Å². The van der Waals surface area contributed by atoms with Gasteiger partial charge in [0.1, 0.15) is 11.3 Å². The molecule has 4 N–H and O–H groups in total. The van der Waals surface area contributed by atoms with Crippen LogP contribution in [0.1, 0.15) is 124 Å². The van der Waals surface area contributed by atoms with Gasteiger partial charge >= 0.3 is 5.97 Å². The van der Waals surface area contributed by atoms with Crippen molar-refractivity contribution in [1.82, 2.24) is 10.3 Å². The third-order valence-electron chi connectivity index (χ3n) is 13.2. The lowest BCUT2D eigenvalue weighted by atomic mass is 9.59. The summed E-state index contributed by atoms with van der Waals surface area (Å²) < 4.78 is 6.60. The summed E-state index contributed by atoms with van der Waals surface area (Å²) in [5.41, 5.74) is 6.86. The SMILES string of the molecule is C[C@@H](COc1ccnc2c1[C@H](C)CCC2)C[C@H]1Cc2ccc(C(O)CNCCCCCc3ccccc3)cc2C12CCC(Nc1cccc(Cl)c1)(C(=O)O)CC2. The number of ether oxygens (including phenoxy) is 1. The Bertz CT molecular complexity index is 1930. The topological polar surface area (TPSA) is 104 Å². The van der Waals surface area contributed by atoms with Gasteiger partial charge in [-0.05, 0) is 153 Å². The summed E-state index contributed by atoms with van der Waals surface area (Å²) in [5.74, 6) is 1.24. The first kappa shape index (κ1) is 40.3. The Labute approximate surface area is 338 Å². The fourth-order valence-electron chi connectivity index (χ4n) is 10.1. The van der Waals surface area contributed by atoms with Crippen molar-refractivity contribution in [1.29, 1.82) is 0 Å². The summed E-state index contributed by atoms with van der Waals surface area (Å²) in [7, 11) is 0. The quantitative estimate of drug-likeness (QED) is 0.0792. The molecule has 0 saturated heterocycles. The van der Waals surface area contributed by atoms with Crippen molar-refractivity contribution < 1.29 is 19.7 Å². The third-order valence-corrected chi connectivity index (χ3v) is 13.4. The van der Waals surface area contributed by atoms with Gasteiger partial charge in [0, 0.05) is 34.7 Å². The van der Waals surface area contributed by atoms with Crippen LogP contribution >= 0.6 is 11.6 Å². The van der Waals surface area contributed by atoms with Crippen molar-refractivity contribution in [3.63, 3.8) is 0 Å². The Balaban J connectivity index is 1.04. The highest BCUT2D eigenvalue weighted by Gasteiger charge is 2.54. The number of aliphatic hydroxyl groups excluding tert-OH is 1. The van der Waals surface area contributed by atoms with Crippen LogP contribution in [0.3, 0.4) is 0 Å². The number of unbranched alkanes of at least 4 members (excludes halogenated alkanes) is 2. The molecule has 1 heterocycles. The summed E-state index contributed by atoms with van der Waals surface area (Å²) in [4.78, 5) is 17.7. The van der Waals surface area contributed by atoms with Crippen LogP contribution < -0.4 is 15.4 Å². The lowest BCUT2D eigenvalue weighted by Crippen LogP contribution is -2.53. The molecule has 1 unspecified atom stereocenters. The first-order valence-electron chi connectivity index (χ1n) is 21.1. The number of carbonyl (C=O) groups is 1. The van der Waals surface area contributed by atoms with Gasteiger partial charge in [0.05, 0.1) is 12.7 Å². The van der Waals surface area contributed by atoms with Gasteiger partial charge in [-0.2, -0.15) is 0 Å². The molecule has 3 aliphatic rings. The monoisotopic (exact) mass is 777 g/mol. The zero-order valence-electron chi connectivity index (χ0n) is 33.2.